The van der Waals surface area contributed by atoms with Crippen LogP contribution in [0.4, 0.5) is 0 Å². The fraction of sp³-hybridized carbons (Fsp3) is 0.588. The number of benzene rings is 1. The summed E-state index contributed by atoms with van der Waals surface area (Å²) in [7, 11) is 1.92. The SMILES string of the molecule is CNCC1(C(=O)c2ccc(C(C)(C)C)cc2C)CC1. The van der Waals surface area contributed by atoms with Crippen molar-refractivity contribution in [3.05, 3.63) is 34.9 Å². The Balaban J connectivity index is 2.30. The third-order valence-electron chi connectivity index (χ3n) is 4.19. The molecule has 0 heterocycles. The van der Waals surface area contributed by atoms with Crippen LogP contribution in [0.5, 0.6) is 0 Å². The largest absolute Gasteiger partial charge is 0.319 e. The molecule has 104 valence electrons. The van der Waals surface area contributed by atoms with Crippen molar-refractivity contribution in [1.82, 2.24) is 5.32 Å². The number of carbonyl (C=O) groups is 1. The highest BCUT2D eigenvalue weighted by Gasteiger charge is 2.49. The second kappa shape index (κ2) is 4.75. The first-order valence-electron chi connectivity index (χ1n) is 7.11. The molecule has 19 heavy (non-hydrogen) atoms. The topological polar surface area (TPSA) is 29.1 Å². The zero-order valence-electron chi connectivity index (χ0n) is 12.8. The number of Topliss-reactive ketones (excluding diaryl/α,β-unsaturated/α-hetero) is 1. The zero-order chi connectivity index (χ0) is 14.3. The monoisotopic (exact) mass is 259 g/mol. The second-order valence-electron chi connectivity index (χ2n) is 6.92. The third-order valence-corrected chi connectivity index (χ3v) is 4.19. The molecular formula is C17H25NO. The van der Waals surface area contributed by atoms with Gasteiger partial charge in [0.25, 0.3) is 0 Å². The van der Waals surface area contributed by atoms with Crippen LogP contribution in [0, 0.1) is 12.3 Å². The van der Waals surface area contributed by atoms with Gasteiger partial charge in [-0.05, 0) is 43.4 Å². The molecule has 0 atom stereocenters. The lowest BCUT2D eigenvalue weighted by atomic mass is 9.83. The molecule has 0 unspecified atom stereocenters. The van der Waals surface area contributed by atoms with Crippen molar-refractivity contribution < 1.29 is 4.79 Å². The van der Waals surface area contributed by atoms with Crippen molar-refractivity contribution in [2.75, 3.05) is 13.6 Å². The van der Waals surface area contributed by atoms with Gasteiger partial charge in [-0.3, -0.25) is 4.79 Å². The predicted molar refractivity (Wildman–Crippen MR) is 79.8 cm³/mol. The Hall–Kier alpha value is -1.15. The molecule has 0 aliphatic heterocycles. The smallest absolute Gasteiger partial charge is 0.170 e. The Morgan fingerprint density at radius 2 is 1.95 bits per heavy atom. The maximum atomic E-state index is 12.7. The molecule has 1 N–H and O–H groups in total. The van der Waals surface area contributed by atoms with Gasteiger partial charge in [0.15, 0.2) is 5.78 Å². The first kappa shape index (κ1) is 14.3. The maximum absolute atomic E-state index is 12.7. The number of ketones is 1. The lowest BCUT2D eigenvalue weighted by molar-refractivity contribution is 0.0899. The highest BCUT2D eigenvalue weighted by molar-refractivity contribution is 6.03. The minimum atomic E-state index is -0.122. The van der Waals surface area contributed by atoms with E-state index in [-0.39, 0.29) is 10.8 Å². The van der Waals surface area contributed by atoms with Crippen molar-refractivity contribution >= 4 is 5.78 Å². The first-order chi connectivity index (χ1) is 8.80. The van der Waals surface area contributed by atoms with E-state index >= 15 is 0 Å². The van der Waals surface area contributed by atoms with Crippen molar-refractivity contribution in [3.8, 4) is 0 Å². The summed E-state index contributed by atoms with van der Waals surface area (Å²) in [5, 5.41) is 3.16. The molecule has 1 saturated carbocycles. The summed E-state index contributed by atoms with van der Waals surface area (Å²) >= 11 is 0. The lowest BCUT2D eigenvalue weighted by Gasteiger charge is -2.21. The van der Waals surface area contributed by atoms with Gasteiger partial charge in [-0.1, -0.05) is 39.0 Å². The summed E-state index contributed by atoms with van der Waals surface area (Å²) in [5.41, 5.74) is 3.32. The molecular weight excluding hydrogens is 234 g/mol. The molecule has 0 radical (unpaired) electrons. The van der Waals surface area contributed by atoms with Gasteiger partial charge in [0.05, 0.1) is 0 Å². The zero-order valence-corrected chi connectivity index (χ0v) is 12.8. The van der Waals surface area contributed by atoms with E-state index in [9.17, 15) is 4.79 Å². The summed E-state index contributed by atoms with van der Waals surface area (Å²) in [5.74, 6) is 0.319. The molecule has 2 heteroatoms. The van der Waals surface area contributed by atoms with E-state index in [2.05, 4.69) is 45.1 Å². The van der Waals surface area contributed by atoms with Gasteiger partial charge in [0, 0.05) is 17.5 Å². The average molecular weight is 259 g/mol. The predicted octanol–water partition coefficient (Wildman–Crippen LogP) is 3.47. The van der Waals surface area contributed by atoms with Crippen molar-refractivity contribution in [1.29, 1.82) is 0 Å². The highest BCUT2D eigenvalue weighted by atomic mass is 16.1. The number of hydrogen-bond acceptors (Lipinski definition) is 2. The summed E-state index contributed by atoms with van der Waals surface area (Å²) in [6.45, 7) is 9.45. The van der Waals surface area contributed by atoms with Gasteiger partial charge in [0.1, 0.15) is 0 Å². The van der Waals surface area contributed by atoms with E-state index in [4.69, 9.17) is 0 Å². The van der Waals surface area contributed by atoms with Gasteiger partial charge >= 0.3 is 0 Å². The molecule has 1 aliphatic rings. The minimum absolute atomic E-state index is 0.122. The van der Waals surface area contributed by atoms with Crippen LogP contribution in [0.25, 0.3) is 0 Å². The fourth-order valence-corrected chi connectivity index (χ4v) is 2.64. The Kier molecular flexibility index (Phi) is 3.57. The van der Waals surface area contributed by atoms with Crippen LogP contribution in [0.1, 0.15) is 55.1 Å². The summed E-state index contributed by atoms with van der Waals surface area (Å²) < 4.78 is 0. The third kappa shape index (κ3) is 2.74. The van der Waals surface area contributed by atoms with Crippen LogP contribution in [-0.2, 0) is 5.41 Å². The average Bonchev–Trinajstić information content (AvgIpc) is 3.08. The molecule has 2 rings (SSSR count). The number of nitrogens with one attached hydrogen (secondary N) is 1. The van der Waals surface area contributed by atoms with E-state index < -0.39 is 0 Å². The molecule has 2 nitrogen and oxygen atoms in total. The van der Waals surface area contributed by atoms with Gasteiger partial charge in [-0.25, -0.2) is 0 Å². The molecule has 0 saturated heterocycles. The van der Waals surface area contributed by atoms with Crippen molar-refractivity contribution in [2.24, 2.45) is 5.41 Å². The number of rotatable bonds is 4. The van der Waals surface area contributed by atoms with E-state index in [0.29, 0.717) is 5.78 Å². The number of hydrogen-bond donors (Lipinski definition) is 1. The Labute approximate surface area is 116 Å². The molecule has 1 aromatic carbocycles. The Bertz CT molecular complexity index is 492. The molecule has 0 bridgehead atoms. The van der Waals surface area contributed by atoms with Gasteiger partial charge in [0.2, 0.25) is 0 Å². The van der Waals surface area contributed by atoms with Crippen molar-refractivity contribution in [3.63, 3.8) is 0 Å². The van der Waals surface area contributed by atoms with E-state index in [1.54, 1.807) is 0 Å². The quantitative estimate of drug-likeness (QED) is 0.839. The van der Waals surface area contributed by atoms with Crippen LogP contribution in [0.2, 0.25) is 0 Å². The van der Waals surface area contributed by atoms with Gasteiger partial charge in [-0.15, -0.1) is 0 Å². The lowest BCUT2D eigenvalue weighted by Crippen LogP contribution is -2.28. The molecule has 1 aliphatic carbocycles. The maximum Gasteiger partial charge on any atom is 0.170 e. The van der Waals surface area contributed by atoms with Crippen LogP contribution < -0.4 is 5.32 Å². The van der Waals surface area contributed by atoms with Crippen molar-refractivity contribution in [2.45, 2.75) is 46.0 Å². The van der Waals surface area contributed by atoms with Crippen LogP contribution in [0.15, 0.2) is 18.2 Å². The van der Waals surface area contributed by atoms with E-state index in [1.807, 2.05) is 13.1 Å². The standard InChI is InChI=1S/C17H25NO/c1-12-10-13(16(2,3)4)6-7-14(12)15(19)17(8-9-17)11-18-5/h6-7,10,18H,8-9,11H2,1-5H3. The molecule has 0 amide bonds. The molecule has 1 fully saturated rings. The van der Waals surface area contributed by atoms with Gasteiger partial charge < -0.3 is 5.32 Å². The summed E-state index contributed by atoms with van der Waals surface area (Å²) in [4.78, 5) is 12.7. The van der Waals surface area contributed by atoms with E-state index in [1.165, 1.54) is 5.56 Å². The highest BCUT2D eigenvalue weighted by Crippen LogP contribution is 2.48. The molecule has 0 aromatic heterocycles. The van der Waals surface area contributed by atoms with Crippen LogP contribution in [-0.4, -0.2) is 19.4 Å². The number of aryl methyl sites for hydroxylation is 1. The van der Waals surface area contributed by atoms with E-state index in [0.717, 1.165) is 30.5 Å². The number of carbonyl (C=O) groups excluding carboxylic acids is 1. The molecule has 0 spiro atoms. The Morgan fingerprint density at radius 3 is 2.37 bits per heavy atom. The van der Waals surface area contributed by atoms with Crippen LogP contribution >= 0.6 is 0 Å². The fourth-order valence-electron chi connectivity index (χ4n) is 2.64. The normalized spacial score (nSPS) is 17.3. The summed E-state index contributed by atoms with van der Waals surface area (Å²) in [6, 6.07) is 6.30. The minimum Gasteiger partial charge on any atom is -0.319 e. The Morgan fingerprint density at radius 1 is 1.32 bits per heavy atom. The molecule has 1 aromatic rings. The van der Waals surface area contributed by atoms with Crippen LogP contribution in [0.3, 0.4) is 0 Å². The van der Waals surface area contributed by atoms with Gasteiger partial charge in [-0.2, -0.15) is 0 Å². The summed E-state index contributed by atoms with van der Waals surface area (Å²) in [6.07, 6.45) is 2.04. The first-order valence-corrected chi connectivity index (χ1v) is 7.11. The second-order valence-corrected chi connectivity index (χ2v) is 6.92.